The van der Waals surface area contributed by atoms with Gasteiger partial charge < -0.3 is 15.4 Å². The molecule has 37 heavy (non-hydrogen) atoms. The van der Waals surface area contributed by atoms with Crippen LogP contribution in [0.5, 0.6) is 0 Å². The van der Waals surface area contributed by atoms with Gasteiger partial charge in [0.1, 0.15) is 17.7 Å². The highest BCUT2D eigenvalue weighted by atomic mass is 19.4. The first-order valence-electron chi connectivity index (χ1n) is 11.2. The van der Waals surface area contributed by atoms with Crippen LogP contribution in [-0.2, 0) is 22.3 Å². The molecule has 1 aliphatic rings. The molecule has 1 aliphatic heterocycles. The standard InChI is InChI=1S/C26H21F4N5O2/c1-14-23(25(36)33-18-5-3-17-12-31-8-7-15(17)9-18)24(35-22(32-14)11-19(34-35)13-37-2)16-4-6-20(21(27)10-16)26(28,29)30/h3-12,24,32H,13H2,1-2H3,(H,33,36). The molecule has 0 aliphatic carbocycles. The second-order valence-electron chi connectivity index (χ2n) is 8.59. The highest BCUT2D eigenvalue weighted by molar-refractivity contribution is 6.06. The lowest BCUT2D eigenvalue weighted by atomic mass is 9.93. The van der Waals surface area contributed by atoms with E-state index in [-0.39, 0.29) is 17.7 Å². The summed E-state index contributed by atoms with van der Waals surface area (Å²) in [5, 5.41) is 12.2. The van der Waals surface area contributed by atoms with Crippen LogP contribution in [0.25, 0.3) is 10.8 Å². The number of alkyl halides is 3. The van der Waals surface area contributed by atoms with E-state index in [1.807, 2.05) is 6.07 Å². The van der Waals surface area contributed by atoms with Gasteiger partial charge in [0.25, 0.3) is 5.91 Å². The third-order valence-corrected chi connectivity index (χ3v) is 6.07. The van der Waals surface area contributed by atoms with E-state index in [1.54, 1.807) is 43.6 Å². The summed E-state index contributed by atoms with van der Waals surface area (Å²) in [5.74, 6) is -1.46. The van der Waals surface area contributed by atoms with Gasteiger partial charge >= 0.3 is 6.18 Å². The smallest absolute Gasteiger partial charge is 0.378 e. The third kappa shape index (κ3) is 4.65. The second kappa shape index (κ2) is 9.32. The highest BCUT2D eigenvalue weighted by Crippen LogP contribution is 2.39. The van der Waals surface area contributed by atoms with Crippen molar-refractivity contribution in [3.05, 3.63) is 94.8 Å². The summed E-state index contributed by atoms with van der Waals surface area (Å²) in [5.41, 5.74) is 0.406. The van der Waals surface area contributed by atoms with E-state index < -0.39 is 29.5 Å². The molecule has 0 bridgehead atoms. The number of fused-ring (bicyclic) bond motifs is 2. The molecule has 0 saturated carbocycles. The lowest BCUT2D eigenvalue weighted by molar-refractivity contribution is -0.140. The van der Waals surface area contributed by atoms with Crippen molar-refractivity contribution in [2.45, 2.75) is 25.7 Å². The molecule has 0 fully saturated rings. The fourth-order valence-electron chi connectivity index (χ4n) is 4.43. The summed E-state index contributed by atoms with van der Waals surface area (Å²) in [6, 6.07) is 10.4. The van der Waals surface area contributed by atoms with Crippen LogP contribution in [0.1, 0.15) is 29.8 Å². The fourth-order valence-corrected chi connectivity index (χ4v) is 4.43. The molecule has 1 atom stereocenters. The maximum Gasteiger partial charge on any atom is 0.419 e. The fraction of sp³-hybridized carbons (Fsp3) is 0.192. The average Bonchev–Trinajstić information content (AvgIpc) is 3.24. The molecule has 190 valence electrons. The normalized spacial score (nSPS) is 15.5. The predicted molar refractivity (Wildman–Crippen MR) is 129 cm³/mol. The summed E-state index contributed by atoms with van der Waals surface area (Å²) in [6.07, 6.45) is -1.51. The van der Waals surface area contributed by atoms with Crippen molar-refractivity contribution >= 4 is 28.2 Å². The number of methoxy groups -OCH3 is 1. The number of hydrogen-bond acceptors (Lipinski definition) is 5. The zero-order valence-electron chi connectivity index (χ0n) is 19.7. The second-order valence-corrected chi connectivity index (χ2v) is 8.59. The van der Waals surface area contributed by atoms with Crippen molar-refractivity contribution < 1.29 is 27.1 Å². The number of hydrogen-bond donors (Lipinski definition) is 2. The van der Waals surface area contributed by atoms with Crippen LogP contribution in [0.15, 0.2) is 72.2 Å². The monoisotopic (exact) mass is 511 g/mol. The quantitative estimate of drug-likeness (QED) is 0.338. The maximum absolute atomic E-state index is 14.6. The number of halogens is 4. The Hall–Kier alpha value is -4.25. The molecular weight excluding hydrogens is 490 g/mol. The van der Waals surface area contributed by atoms with E-state index in [2.05, 4.69) is 20.7 Å². The number of benzene rings is 2. The molecule has 0 radical (unpaired) electrons. The summed E-state index contributed by atoms with van der Waals surface area (Å²) in [7, 11) is 1.50. The van der Waals surface area contributed by atoms with E-state index in [0.717, 1.165) is 22.9 Å². The number of nitrogens with zero attached hydrogens (tertiary/aromatic N) is 3. The summed E-state index contributed by atoms with van der Waals surface area (Å²) in [4.78, 5) is 17.7. The van der Waals surface area contributed by atoms with Gasteiger partial charge in [-0.1, -0.05) is 12.1 Å². The average molecular weight is 511 g/mol. The molecule has 5 rings (SSSR count). The molecular formula is C26H21F4N5O2. The van der Waals surface area contributed by atoms with Crippen LogP contribution in [0, 0.1) is 5.82 Å². The Morgan fingerprint density at radius 2 is 1.95 bits per heavy atom. The number of ether oxygens (including phenoxy) is 1. The minimum atomic E-state index is -4.85. The molecule has 7 nitrogen and oxygen atoms in total. The van der Waals surface area contributed by atoms with Gasteiger partial charge in [-0.05, 0) is 48.2 Å². The first-order chi connectivity index (χ1) is 17.7. The maximum atomic E-state index is 14.6. The van der Waals surface area contributed by atoms with Crippen molar-refractivity contribution in [1.82, 2.24) is 14.8 Å². The molecule has 11 heteroatoms. The molecule has 1 amide bonds. The van der Waals surface area contributed by atoms with Gasteiger partial charge in [-0.2, -0.15) is 18.3 Å². The van der Waals surface area contributed by atoms with Gasteiger partial charge in [0.05, 0.1) is 23.4 Å². The number of pyridine rings is 1. The molecule has 3 heterocycles. The number of anilines is 2. The van der Waals surface area contributed by atoms with Crippen LogP contribution >= 0.6 is 0 Å². The highest BCUT2D eigenvalue weighted by Gasteiger charge is 2.37. The number of aromatic nitrogens is 3. The minimum absolute atomic E-state index is 0.134. The van der Waals surface area contributed by atoms with Crippen molar-refractivity contribution in [3.63, 3.8) is 0 Å². The van der Waals surface area contributed by atoms with Crippen molar-refractivity contribution in [1.29, 1.82) is 0 Å². The zero-order valence-corrected chi connectivity index (χ0v) is 19.7. The predicted octanol–water partition coefficient (Wildman–Crippen LogP) is 5.66. The summed E-state index contributed by atoms with van der Waals surface area (Å²) in [6.45, 7) is 1.84. The Morgan fingerprint density at radius 1 is 1.14 bits per heavy atom. The topological polar surface area (TPSA) is 81.1 Å². The lowest BCUT2D eigenvalue weighted by Crippen LogP contribution is -2.31. The van der Waals surface area contributed by atoms with Gasteiger partial charge in [0.15, 0.2) is 0 Å². The molecule has 4 aromatic rings. The number of nitrogens with one attached hydrogen (secondary N) is 2. The molecule has 2 N–H and O–H groups in total. The molecule has 0 spiro atoms. The van der Waals surface area contributed by atoms with Crippen LogP contribution < -0.4 is 10.6 Å². The molecule has 0 saturated heterocycles. The number of allylic oxidation sites excluding steroid dienone is 1. The first kappa shape index (κ1) is 24.4. The van der Waals surface area contributed by atoms with Crippen molar-refractivity contribution in [2.75, 3.05) is 17.7 Å². The molecule has 2 aromatic heterocycles. The summed E-state index contributed by atoms with van der Waals surface area (Å²) < 4.78 is 60.8. The number of rotatable bonds is 5. The third-order valence-electron chi connectivity index (χ3n) is 6.07. The van der Waals surface area contributed by atoms with Gasteiger partial charge in [-0.3, -0.25) is 9.78 Å². The van der Waals surface area contributed by atoms with Gasteiger partial charge in [0, 0.05) is 42.3 Å². The van der Waals surface area contributed by atoms with Crippen molar-refractivity contribution in [3.8, 4) is 0 Å². The Balaban J connectivity index is 1.58. The first-order valence-corrected chi connectivity index (χ1v) is 11.2. The van der Waals surface area contributed by atoms with Crippen LogP contribution in [-0.4, -0.2) is 27.8 Å². The van der Waals surface area contributed by atoms with Gasteiger partial charge in [-0.25, -0.2) is 9.07 Å². The number of carbonyl (C=O) groups excluding carboxylic acids is 1. The SMILES string of the molecule is COCc1cc2n(n1)C(c1ccc(C(F)(F)F)c(F)c1)C(C(=O)Nc1ccc3cnccc3c1)=C(C)N2. The lowest BCUT2D eigenvalue weighted by Gasteiger charge is -2.30. The Bertz CT molecular complexity index is 1540. The van der Waals surface area contributed by atoms with Gasteiger partial charge in [-0.15, -0.1) is 0 Å². The minimum Gasteiger partial charge on any atom is -0.378 e. The molecule has 1 unspecified atom stereocenters. The largest absolute Gasteiger partial charge is 0.419 e. The van der Waals surface area contributed by atoms with E-state index >= 15 is 0 Å². The van der Waals surface area contributed by atoms with Gasteiger partial charge in [0.2, 0.25) is 0 Å². The Morgan fingerprint density at radius 3 is 2.68 bits per heavy atom. The number of amides is 1. The van der Waals surface area contributed by atoms with E-state index in [4.69, 9.17) is 4.74 Å². The van der Waals surface area contributed by atoms with Crippen LogP contribution in [0.3, 0.4) is 0 Å². The Labute approximate surface area is 208 Å². The van der Waals surface area contributed by atoms with Crippen molar-refractivity contribution in [2.24, 2.45) is 0 Å². The van der Waals surface area contributed by atoms with E-state index in [1.165, 1.54) is 11.8 Å². The molecule has 2 aromatic carbocycles. The zero-order chi connectivity index (χ0) is 26.3. The van der Waals surface area contributed by atoms with E-state index in [0.29, 0.717) is 29.0 Å². The Kier molecular flexibility index (Phi) is 6.16. The summed E-state index contributed by atoms with van der Waals surface area (Å²) >= 11 is 0. The number of carbonyl (C=O) groups is 1. The van der Waals surface area contributed by atoms with Crippen LogP contribution in [0.2, 0.25) is 0 Å². The van der Waals surface area contributed by atoms with E-state index in [9.17, 15) is 22.4 Å². The van der Waals surface area contributed by atoms with Crippen LogP contribution in [0.4, 0.5) is 29.1 Å².